The Morgan fingerprint density at radius 2 is 2.18 bits per heavy atom. The molecule has 3 heteroatoms. The zero-order valence-electron chi connectivity index (χ0n) is 10.7. The van der Waals surface area contributed by atoms with Gasteiger partial charge in [-0.05, 0) is 55.5 Å². The summed E-state index contributed by atoms with van der Waals surface area (Å²) in [6.45, 7) is 5.89. The molecule has 1 atom stereocenters. The molecule has 96 valence electrons. The van der Waals surface area contributed by atoms with E-state index in [1.54, 1.807) is 12.1 Å². The minimum atomic E-state index is -0.179. The molecule has 0 fully saturated rings. The van der Waals surface area contributed by atoms with Gasteiger partial charge in [0, 0.05) is 13.2 Å². The molecule has 0 amide bonds. The summed E-state index contributed by atoms with van der Waals surface area (Å²) < 4.78 is 13.0. The normalized spacial score (nSPS) is 12.7. The maximum absolute atomic E-state index is 13.0. The topological polar surface area (TPSA) is 32.3 Å². The highest BCUT2D eigenvalue weighted by Gasteiger charge is 2.01. The fourth-order valence-electron chi connectivity index (χ4n) is 1.72. The molecule has 1 rings (SSSR count). The first kappa shape index (κ1) is 14.1. The lowest BCUT2D eigenvalue weighted by Crippen LogP contribution is -2.16. The Morgan fingerprint density at radius 3 is 2.88 bits per heavy atom. The van der Waals surface area contributed by atoms with Crippen molar-refractivity contribution in [3.05, 3.63) is 35.1 Å². The lowest BCUT2D eigenvalue weighted by Gasteiger charge is -2.10. The van der Waals surface area contributed by atoms with Crippen molar-refractivity contribution < 1.29 is 9.50 Å². The van der Waals surface area contributed by atoms with Crippen LogP contribution in [-0.4, -0.2) is 18.3 Å². The van der Waals surface area contributed by atoms with Crippen LogP contribution >= 0.6 is 0 Å². The van der Waals surface area contributed by atoms with Gasteiger partial charge >= 0.3 is 0 Å². The Bertz CT molecular complexity index is 341. The molecule has 0 saturated heterocycles. The molecule has 0 aliphatic rings. The molecule has 0 spiro atoms. The summed E-state index contributed by atoms with van der Waals surface area (Å²) in [6.07, 6.45) is 2.06. The van der Waals surface area contributed by atoms with Crippen molar-refractivity contribution in [2.45, 2.75) is 33.2 Å². The largest absolute Gasteiger partial charge is 0.396 e. The Balaban J connectivity index is 2.24. The highest BCUT2D eigenvalue weighted by atomic mass is 19.1. The molecule has 1 aromatic carbocycles. The maximum Gasteiger partial charge on any atom is 0.123 e. The minimum absolute atomic E-state index is 0.179. The summed E-state index contributed by atoms with van der Waals surface area (Å²) in [5.74, 6) is 0.189. The van der Waals surface area contributed by atoms with Gasteiger partial charge in [0.2, 0.25) is 0 Å². The van der Waals surface area contributed by atoms with E-state index < -0.39 is 0 Å². The third-order valence-electron chi connectivity index (χ3n) is 2.99. The van der Waals surface area contributed by atoms with Crippen molar-refractivity contribution in [1.82, 2.24) is 5.32 Å². The molecule has 1 aromatic rings. The highest BCUT2D eigenvalue weighted by Crippen LogP contribution is 2.10. The Hall–Kier alpha value is -0.930. The monoisotopic (exact) mass is 239 g/mol. The number of halogens is 1. The van der Waals surface area contributed by atoms with Crippen LogP contribution in [0.25, 0.3) is 0 Å². The molecule has 0 aliphatic carbocycles. The van der Waals surface area contributed by atoms with E-state index in [4.69, 9.17) is 5.11 Å². The maximum atomic E-state index is 13.0. The molecule has 0 aromatic heterocycles. The van der Waals surface area contributed by atoms with E-state index in [1.165, 1.54) is 6.07 Å². The first-order chi connectivity index (χ1) is 8.13. The van der Waals surface area contributed by atoms with Crippen LogP contribution in [0.3, 0.4) is 0 Å². The second kappa shape index (κ2) is 7.41. The Labute approximate surface area is 103 Å². The van der Waals surface area contributed by atoms with Crippen LogP contribution in [0.5, 0.6) is 0 Å². The summed E-state index contributed by atoms with van der Waals surface area (Å²) in [5, 5.41) is 12.2. The van der Waals surface area contributed by atoms with Gasteiger partial charge in [-0.25, -0.2) is 4.39 Å². The van der Waals surface area contributed by atoms with Crippen LogP contribution in [0.15, 0.2) is 18.2 Å². The van der Waals surface area contributed by atoms with Gasteiger partial charge in [0.1, 0.15) is 5.82 Å². The van der Waals surface area contributed by atoms with Crippen LogP contribution in [0.2, 0.25) is 0 Å². The predicted octanol–water partition coefficient (Wildman–Crippen LogP) is 2.63. The summed E-state index contributed by atoms with van der Waals surface area (Å²) in [5.41, 5.74) is 2.13. The van der Waals surface area contributed by atoms with Crippen molar-refractivity contribution in [3.63, 3.8) is 0 Å². The lowest BCUT2D eigenvalue weighted by atomic mass is 10.1. The van der Waals surface area contributed by atoms with Gasteiger partial charge < -0.3 is 10.4 Å². The third kappa shape index (κ3) is 5.29. The zero-order valence-corrected chi connectivity index (χ0v) is 10.7. The van der Waals surface area contributed by atoms with Gasteiger partial charge in [0.15, 0.2) is 0 Å². The van der Waals surface area contributed by atoms with Crippen molar-refractivity contribution in [1.29, 1.82) is 0 Å². The average Bonchev–Trinajstić information content (AvgIpc) is 2.32. The molecule has 1 unspecified atom stereocenters. The van der Waals surface area contributed by atoms with E-state index >= 15 is 0 Å². The van der Waals surface area contributed by atoms with E-state index in [0.717, 1.165) is 30.5 Å². The number of hydrogen-bond donors (Lipinski definition) is 2. The fourth-order valence-corrected chi connectivity index (χ4v) is 1.72. The Kier molecular flexibility index (Phi) is 6.16. The molecule has 0 radical (unpaired) electrons. The zero-order chi connectivity index (χ0) is 12.7. The molecular weight excluding hydrogens is 217 g/mol. The number of rotatable bonds is 7. The third-order valence-corrected chi connectivity index (χ3v) is 2.99. The SMILES string of the molecule is Cc1ccc(F)cc1CNCCCC(C)CO. The number of aryl methyl sites for hydroxylation is 1. The quantitative estimate of drug-likeness (QED) is 0.717. The van der Waals surface area contributed by atoms with Crippen LogP contribution in [0.4, 0.5) is 4.39 Å². The van der Waals surface area contributed by atoms with Crippen LogP contribution in [0.1, 0.15) is 30.9 Å². The summed E-state index contributed by atoms with van der Waals surface area (Å²) in [7, 11) is 0. The molecular formula is C14H22FNO. The Morgan fingerprint density at radius 1 is 1.41 bits per heavy atom. The predicted molar refractivity (Wildman–Crippen MR) is 68.3 cm³/mol. The van der Waals surface area contributed by atoms with Gasteiger partial charge in [0.05, 0.1) is 0 Å². The van der Waals surface area contributed by atoms with E-state index in [2.05, 4.69) is 5.32 Å². The molecule has 17 heavy (non-hydrogen) atoms. The van der Waals surface area contributed by atoms with Crippen molar-refractivity contribution in [2.24, 2.45) is 5.92 Å². The van der Waals surface area contributed by atoms with Crippen LogP contribution < -0.4 is 5.32 Å². The second-order valence-electron chi connectivity index (χ2n) is 4.68. The van der Waals surface area contributed by atoms with E-state index in [-0.39, 0.29) is 12.4 Å². The lowest BCUT2D eigenvalue weighted by molar-refractivity contribution is 0.228. The van der Waals surface area contributed by atoms with Gasteiger partial charge in [-0.2, -0.15) is 0 Å². The number of aliphatic hydroxyl groups is 1. The smallest absolute Gasteiger partial charge is 0.123 e. The van der Waals surface area contributed by atoms with E-state index in [9.17, 15) is 4.39 Å². The number of nitrogens with one attached hydrogen (secondary N) is 1. The average molecular weight is 239 g/mol. The first-order valence-corrected chi connectivity index (χ1v) is 6.20. The van der Waals surface area contributed by atoms with Gasteiger partial charge in [0.25, 0.3) is 0 Å². The van der Waals surface area contributed by atoms with Crippen molar-refractivity contribution in [3.8, 4) is 0 Å². The number of aliphatic hydroxyl groups excluding tert-OH is 1. The van der Waals surface area contributed by atoms with Crippen molar-refractivity contribution >= 4 is 0 Å². The minimum Gasteiger partial charge on any atom is -0.396 e. The molecule has 0 bridgehead atoms. The van der Waals surface area contributed by atoms with Gasteiger partial charge in [-0.1, -0.05) is 13.0 Å². The second-order valence-corrected chi connectivity index (χ2v) is 4.68. The highest BCUT2D eigenvalue weighted by molar-refractivity contribution is 5.26. The molecule has 2 N–H and O–H groups in total. The van der Waals surface area contributed by atoms with Crippen LogP contribution in [-0.2, 0) is 6.54 Å². The number of benzene rings is 1. The molecule has 0 heterocycles. The summed E-state index contributed by atoms with van der Waals surface area (Å²) in [6, 6.07) is 4.88. The number of hydrogen-bond acceptors (Lipinski definition) is 2. The van der Waals surface area contributed by atoms with Gasteiger partial charge in [-0.3, -0.25) is 0 Å². The molecule has 0 saturated carbocycles. The molecule has 0 aliphatic heterocycles. The first-order valence-electron chi connectivity index (χ1n) is 6.20. The van der Waals surface area contributed by atoms with E-state index in [0.29, 0.717) is 12.5 Å². The fraction of sp³-hybridized carbons (Fsp3) is 0.571. The van der Waals surface area contributed by atoms with E-state index in [1.807, 2.05) is 13.8 Å². The van der Waals surface area contributed by atoms with Crippen molar-refractivity contribution in [2.75, 3.05) is 13.2 Å². The summed E-state index contributed by atoms with van der Waals surface area (Å²) >= 11 is 0. The molecule has 2 nitrogen and oxygen atoms in total. The standard InChI is InChI=1S/C14H22FNO/c1-11(10-17)4-3-7-16-9-13-8-14(15)6-5-12(13)2/h5-6,8,11,16-17H,3-4,7,9-10H2,1-2H3. The van der Waals surface area contributed by atoms with Crippen LogP contribution in [0, 0.1) is 18.7 Å². The van der Waals surface area contributed by atoms with Gasteiger partial charge in [-0.15, -0.1) is 0 Å². The summed E-state index contributed by atoms with van der Waals surface area (Å²) in [4.78, 5) is 0.